The smallest absolute Gasteiger partial charge is 0.238 e. The highest BCUT2D eigenvalue weighted by molar-refractivity contribution is 6.21. The van der Waals surface area contributed by atoms with Gasteiger partial charge in [0, 0.05) is 11.8 Å². The van der Waals surface area contributed by atoms with Gasteiger partial charge in [0.1, 0.15) is 5.82 Å². The van der Waals surface area contributed by atoms with E-state index >= 15 is 0 Å². The molecule has 0 spiro atoms. The first-order chi connectivity index (χ1) is 7.93. The molecule has 90 valence electrons. The summed E-state index contributed by atoms with van der Waals surface area (Å²) >= 11 is 0. The van der Waals surface area contributed by atoms with Crippen molar-refractivity contribution in [2.75, 3.05) is 10.6 Å². The van der Waals surface area contributed by atoms with Crippen molar-refractivity contribution >= 4 is 23.3 Å². The fourth-order valence-electron chi connectivity index (χ4n) is 1.84. The minimum Gasteiger partial charge on any atom is -0.397 e. The van der Waals surface area contributed by atoms with Crippen LogP contribution in [0.4, 0.5) is 11.5 Å². The highest BCUT2D eigenvalue weighted by Gasteiger charge is 2.43. The third-order valence-corrected chi connectivity index (χ3v) is 3.34. The van der Waals surface area contributed by atoms with Crippen molar-refractivity contribution in [3.8, 4) is 0 Å². The number of rotatable bonds is 1. The van der Waals surface area contributed by atoms with Gasteiger partial charge in [-0.3, -0.25) is 9.59 Å². The SMILES string of the molecule is Cc1cc(N2C(=O)C(C)C(C)C2=O)ncc1N. The van der Waals surface area contributed by atoms with E-state index < -0.39 is 0 Å². The van der Waals surface area contributed by atoms with E-state index in [2.05, 4.69) is 4.98 Å². The van der Waals surface area contributed by atoms with Gasteiger partial charge < -0.3 is 5.73 Å². The number of pyridine rings is 1. The van der Waals surface area contributed by atoms with Crippen LogP contribution in [0.25, 0.3) is 0 Å². The van der Waals surface area contributed by atoms with Crippen LogP contribution in [-0.4, -0.2) is 16.8 Å². The molecule has 2 unspecified atom stereocenters. The van der Waals surface area contributed by atoms with Crippen LogP contribution in [-0.2, 0) is 9.59 Å². The number of aromatic nitrogens is 1. The summed E-state index contributed by atoms with van der Waals surface area (Å²) in [5.74, 6) is -0.606. The third kappa shape index (κ3) is 1.67. The Morgan fingerprint density at radius 2 is 1.76 bits per heavy atom. The van der Waals surface area contributed by atoms with Gasteiger partial charge in [-0.05, 0) is 18.6 Å². The monoisotopic (exact) mass is 233 g/mol. The van der Waals surface area contributed by atoms with Gasteiger partial charge in [-0.1, -0.05) is 13.8 Å². The molecule has 1 aromatic rings. The van der Waals surface area contributed by atoms with Crippen molar-refractivity contribution in [3.05, 3.63) is 17.8 Å². The van der Waals surface area contributed by atoms with E-state index in [-0.39, 0.29) is 23.7 Å². The zero-order valence-corrected chi connectivity index (χ0v) is 10.1. The molecule has 17 heavy (non-hydrogen) atoms. The minimum atomic E-state index is -0.290. The fraction of sp³-hybridized carbons (Fsp3) is 0.417. The number of aryl methyl sites for hydroxylation is 1. The van der Waals surface area contributed by atoms with Gasteiger partial charge >= 0.3 is 0 Å². The second-order valence-corrected chi connectivity index (χ2v) is 4.49. The molecule has 1 fully saturated rings. The second kappa shape index (κ2) is 3.84. The first-order valence-corrected chi connectivity index (χ1v) is 5.53. The summed E-state index contributed by atoms with van der Waals surface area (Å²) in [6.45, 7) is 5.34. The number of imide groups is 1. The summed E-state index contributed by atoms with van der Waals surface area (Å²) in [7, 11) is 0. The van der Waals surface area contributed by atoms with Crippen LogP contribution in [0, 0.1) is 18.8 Å². The molecule has 2 N–H and O–H groups in total. The van der Waals surface area contributed by atoms with Crippen molar-refractivity contribution in [2.24, 2.45) is 11.8 Å². The van der Waals surface area contributed by atoms with Crippen molar-refractivity contribution in [3.63, 3.8) is 0 Å². The maximum Gasteiger partial charge on any atom is 0.238 e. The Labute approximate surface area is 99.6 Å². The Morgan fingerprint density at radius 3 is 2.24 bits per heavy atom. The number of anilines is 2. The Balaban J connectivity index is 2.43. The molecule has 2 heterocycles. The lowest BCUT2D eigenvalue weighted by molar-refractivity contribution is -0.122. The highest BCUT2D eigenvalue weighted by atomic mass is 16.2. The molecule has 2 atom stereocenters. The van der Waals surface area contributed by atoms with E-state index in [9.17, 15) is 9.59 Å². The van der Waals surface area contributed by atoms with E-state index in [0.29, 0.717) is 11.5 Å². The standard InChI is InChI=1S/C12H15N3O2/c1-6-4-10(14-5-9(6)13)15-11(16)7(2)8(3)12(15)17/h4-5,7-8H,13H2,1-3H3. The lowest BCUT2D eigenvalue weighted by Crippen LogP contribution is -2.31. The van der Waals surface area contributed by atoms with Crippen LogP contribution in [0.3, 0.4) is 0 Å². The van der Waals surface area contributed by atoms with Crippen molar-refractivity contribution in [1.29, 1.82) is 0 Å². The second-order valence-electron chi connectivity index (χ2n) is 4.49. The average molecular weight is 233 g/mol. The molecule has 0 aromatic carbocycles. The van der Waals surface area contributed by atoms with E-state index in [1.165, 1.54) is 6.20 Å². The summed E-state index contributed by atoms with van der Waals surface area (Å²) in [6.07, 6.45) is 1.47. The Morgan fingerprint density at radius 1 is 1.24 bits per heavy atom. The molecule has 1 saturated heterocycles. The number of nitrogen functional groups attached to an aromatic ring is 1. The number of carbonyl (C=O) groups excluding carboxylic acids is 2. The average Bonchev–Trinajstić information content (AvgIpc) is 2.48. The lowest BCUT2D eigenvalue weighted by Gasteiger charge is -2.14. The van der Waals surface area contributed by atoms with Gasteiger partial charge in [0.25, 0.3) is 0 Å². The van der Waals surface area contributed by atoms with E-state index in [1.807, 2.05) is 6.92 Å². The van der Waals surface area contributed by atoms with E-state index in [1.54, 1.807) is 19.9 Å². The maximum absolute atomic E-state index is 12.0. The van der Waals surface area contributed by atoms with Crippen molar-refractivity contribution < 1.29 is 9.59 Å². The molecule has 5 nitrogen and oxygen atoms in total. The number of nitrogens with zero attached hydrogens (tertiary/aromatic N) is 2. The van der Waals surface area contributed by atoms with Crippen LogP contribution in [0.5, 0.6) is 0 Å². The van der Waals surface area contributed by atoms with Crippen LogP contribution in [0.1, 0.15) is 19.4 Å². The molecular weight excluding hydrogens is 218 g/mol. The number of nitrogens with two attached hydrogens (primary N) is 1. The summed E-state index contributed by atoms with van der Waals surface area (Å²) in [5, 5.41) is 0. The lowest BCUT2D eigenvalue weighted by atomic mass is 10.00. The third-order valence-electron chi connectivity index (χ3n) is 3.34. The molecule has 5 heteroatoms. The number of hydrogen-bond acceptors (Lipinski definition) is 4. The van der Waals surface area contributed by atoms with Crippen molar-refractivity contribution in [1.82, 2.24) is 4.98 Å². The molecule has 1 aliphatic heterocycles. The maximum atomic E-state index is 12.0. The van der Waals surface area contributed by atoms with Gasteiger partial charge in [-0.25, -0.2) is 9.88 Å². The van der Waals surface area contributed by atoms with Crippen LogP contribution < -0.4 is 10.6 Å². The summed E-state index contributed by atoms with van der Waals surface area (Å²) in [4.78, 5) is 29.1. The number of carbonyl (C=O) groups is 2. The quantitative estimate of drug-likeness (QED) is 0.737. The first-order valence-electron chi connectivity index (χ1n) is 5.53. The zero-order valence-electron chi connectivity index (χ0n) is 10.1. The molecular formula is C12H15N3O2. The Bertz CT molecular complexity index is 479. The molecule has 2 amide bonds. The number of amides is 2. The van der Waals surface area contributed by atoms with Crippen LogP contribution >= 0.6 is 0 Å². The molecule has 0 radical (unpaired) electrons. The topological polar surface area (TPSA) is 76.3 Å². The van der Waals surface area contributed by atoms with Crippen LogP contribution in [0.2, 0.25) is 0 Å². The first kappa shape index (κ1) is 11.6. The molecule has 2 rings (SSSR count). The molecule has 0 bridgehead atoms. The summed E-state index contributed by atoms with van der Waals surface area (Å²) in [5.41, 5.74) is 7.02. The van der Waals surface area contributed by atoms with Crippen LogP contribution in [0.15, 0.2) is 12.3 Å². The summed E-state index contributed by atoms with van der Waals surface area (Å²) < 4.78 is 0. The van der Waals surface area contributed by atoms with Gasteiger partial charge in [0.15, 0.2) is 0 Å². The Kier molecular flexibility index (Phi) is 2.61. The zero-order chi connectivity index (χ0) is 12.7. The molecule has 1 aliphatic rings. The molecule has 0 saturated carbocycles. The van der Waals surface area contributed by atoms with Gasteiger partial charge in [-0.2, -0.15) is 0 Å². The van der Waals surface area contributed by atoms with Gasteiger partial charge in [0.2, 0.25) is 11.8 Å². The van der Waals surface area contributed by atoms with Crippen molar-refractivity contribution in [2.45, 2.75) is 20.8 Å². The minimum absolute atomic E-state index is 0.195. The Hall–Kier alpha value is -1.91. The highest BCUT2D eigenvalue weighted by Crippen LogP contribution is 2.30. The van der Waals surface area contributed by atoms with Gasteiger partial charge in [0.05, 0.1) is 11.9 Å². The largest absolute Gasteiger partial charge is 0.397 e. The number of hydrogen-bond donors (Lipinski definition) is 1. The molecule has 0 aliphatic carbocycles. The predicted molar refractivity (Wildman–Crippen MR) is 64.2 cm³/mol. The summed E-state index contributed by atoms with van der Waals surface area (Å²) in [6, 6.07) is 1.66. The van der Waals surface area contributed by atoms with Gasteiger partial charge in [-0.15, -0.1) is 0 Å². The molecule has 1 aromatic heterocycles. The predicted octanol–water partition coefficient (Wildman–Crippen LogP) is 1.12. The fourth-order valence-corrected chi connectivity index (χ4v) is 1.84. The van der Waals surface area contributed by atoms with E-state index in [0.717, 1.165) is 10.5 Å². The van der Waals surface area contributed by atoms with E-state index in [4.69, 9.17) is 5.73 Å². The normalized spacial score (nSPS) is 24.5.